The lowest BCUT2D eigenvalue weighted by Gasteiger charge is -2.30. The van der Waals surface area contributed by atoms with Gasteiger partial charge >= 0.3 is 41.9 Å². The summed E-state index contributed by atoms with van der Waals surface area (Å²) in [7, 11) is 1.87. The number of aromatic nitrogens is 1. The molecule has 0 bridgehead atoms. The number of esters is 6. The molecule has 0 radical (unpaired) electrons. The van der Waals surface area contributed by atoms with Crippen molar-refractivity contribution in [3.05, 3.63) is 24.5 Å². The Morgan fingerprint density at radius 2 is 0.782 bits per heavy atom. The minimum absolute atomic E-state index is 0.0286. The molecule has 2 heterocycles. The van der Waals surface area contributed by atoms with Gasteiger partial charge < -0.3 is 38.1 Å². The number of amides is 1. The number of ether oxygens (including phenoxy) is 7. The van der Waals surface area contributed by atoms with Gasteiger partial charge in [0.2, 0.25) is 0 Å². The predicted octanol–water partition coefficient (Wildman–Crippen LogP) is 12.8. The van der Waals surface area contributed by atoms with E-state index < -0.39 is 42.0 Å². The van der Waals surface area contributed by atoms with Gasteiger partial charge in [0.1, 0.15) is 19.8 Å². The fourth-order valence-corrected chi connectivity index (χ4v) is 9.29. The van der Waals surface area contributed by atoms with Gasteiger partial charge in [0.05, 0.1) is 57.9 Å². The topological polar surface area (TPSA) is 203 Å². The summed E-state index contributed by atoms with van der Waals surface area (Å²) in [4.78, 5) is 99.5. The second-order valence-corrected chi connectivity index (χ2v) is 21.3. The zero-order chi connectivity index (χ0) is 56.9. The minimum Gasteiger partial charge on any atom is -0.465 e. The van der Waals surface area contributed by atoms with Gasteiger partial charge in [0, 0.05) is 62.6 Å². The fraction of sp³-hybridized carbons (Fsp3) is 0.803. The highest BCUT2D eigenvalue weighted by Gasteiger charge is 2.40. The van der Waals surface area contributed by atoms with Gasteiger partial charge in [-0.2, -0.15) is 0 Å². The Balaban J connectivity index is 2.14. The lowest BCUT2D eigenvalue weighted by molar-refractivity contribution is -0.155. The van der Waals surface area contributed by atoms with Gasteiger partial charge in [-0.15, -0.1) is 0 Å². The maximum Gasteiger partial charge on any atom is 0.410 e. The first-order valence-corrected chi connectivity index (χ1v) is 30.4. The third kappa shape index (κ3) is 34.8. The van der Waals surface area contributed by atoms with E-state index in [0.717, 1.165) is 134 Å². The highest BCUT2D eigenvalue weighted by molar-refractivity contribution is 5.73. The molecule has 1 aromatic heterocycles. The van der Waals surface area contributed by atoms with Crippen LogP contribution in [0.2, 0.25) is 0 Å². The number of anilines is 1. The van der Waals surface area contributed by atoms with E-state index in [4.69, 9.17) is 33.2 Å². The second-order valence-electron chi connectivity index (χ2n) is 21.3. The van der Waals surface area contributed by atoms with Crippen LogP contribution in [-0.4, -0.2) is 124 Å². The van der Waals surface area contributed by atoms with Crippen LogP contribution in [0.4, 0.5) is 10.5 Å². The first-order valence-electron chi connectivity index (χ1n) is 30.4. The molecule has 1 aliphatic heterocycles. The smallest absolute Gasteiger partial charge is 0.410 e. The number of carbonyl (C=O) groups excluding carboxylic acids is 7. The van der Waals surface area contributed by atoms with Gasteiger partial charge in [-0.25, -0.2) is 4.79 Å². The number of likely N-dealkylation sites (N-methyl/N-ethyl adjacent to an activating group) is 1. The average molecular weight is 1100 g/mol. The number of pyridine rings is 1. The Hall–Kier alpha value is -4.96. The van der Waals surface area contributed by atoms with Crippen molar-refractivity contribution in [2.24, 2.45) is 11.8 Å². The lowest BCUT2D eigenvalue weighted by atomic mass is 10.1. The molecule has 17 nitrogen and oxygen atoms in total. The third-order valence-electron chi connectivity index (χ3n) is 14.2. The highest BCUT2D eigenvalue weighted by Crippen LogP contribution is 2.27. The molecule has 0 aliphatic carbocycles. The Morgan fingerprint density at radius 1 is 0.462 bits per heavy atom. The molecular formula is C61H103N3O14. The summed E-state index contributed by atoms with van der Waals surface area (Å²) in [5.74, 6) is -4.03. The molecule has 0 aromatic carbocycles. The summed E-state index contributed by atoms with van der Waals surface area (Å²) >= 11 is 0. The van der Waals surface area contributed by atoms with Crippen LogP contribution < -0.4 is 4.90 Å². The van der Waals surface area contributed by atoms with Crippen molar-refractivity contribution in [3.8, 4) is 0 Å². The SMILES string of the molecule is CCCCCCCCC(=O)OCC(COC(=O)CCCCCCCC)CC(=O)OC[C@@H]1CC[C@@H](COC(=O)CC(COC(=O)CCCCCCCC)COC(=O)CCCCCCCC)N1C(=O)OCCN(C)c1ccncc1. The molecule has 0 spiro atoms. The van der Waals surface area contributed by atoms with E-state index in [2.05, 4.69) is 32.7 Å². The van der Waals surface area contributed by atoms with Crippen LogP contribution in [0.5, 0.6) is 0 Å². The van der Waals surface area contributed by atoms with Crippen LogP contribution >= 0.6 is 0 Å². The number of unbranched alkanes of at least 4 members (excludes halogenated alkanes) is 20. The molecule has 17 heteroatoms. The second kappa shape index (κ2) is 45.9. The standard InChI is InChI=1S/C61H103N3O14/c1-6-10-14-18-22-26-30-55(65)73-44-50(45-74-56(66)31-27-23-19-15-11-7-2)42-59(69)77-48-53-34-35-54(64(53)61(71)72-41-40-63(5)52-36-38-62-39-37-52)49-78-60(70)43-51(46-75-57(67)32-28-24-20-16-12-8-3)47-76-58(68)33-29-25-21-17-13-9-4/h36-39,50-51,53-54H,6-35,40-49H2,1-5H3/t53-,54-/m0/s1. The monoisotopic (exact) mass is 1100 g/mol. The molecule has 0 unspecified atom stereocenters. The van der Waals surface area contributed by atoms with Crippen LogP contribution in [-0.2, 0) is 61.9 Å². The Kier molecular flexibility index (Phi) is 40.7. The fourth-order valence-electron chi connectivity index (χ4n) is 9.29. The van der Waals surface area contributed by atoms with Crippen molar-refractivity contribution >= 4 is 47.6 Å². The summed E-state index contributed by atoms with van der Waals surface area (Å²) < 4.78 is 39.8. The summed E-state index contributed by atoms with van der Waals surface area (Å²) in [6.07, 6.45) is 28.5. The van der Waals surface area contributed by atoms with E-state index >= 15 is 0 Å². The van der Waals surface area contributed by atoms with E-state index in [1.54, 1.807) is 12.4 Å². The number of hydrogen-bond acceptors (Lipinski definition) is 16. The summed E-state index contributed by atoms with van der Waals surface area (Å²) in [5, 5.41) is 0. The number of carbonyl (C=O) groups is 7. The van der Waals surface area contributed by atoms with Gasteiger partial charge in [-0.1, -0.05) is 156 Å². The molecule has 2 rings (SSSR count). The number of rotatable bonds is 48. The Bertz CT molecular complexity index is 1610. The van der Waals surface area contributed by atoms with E-state index in [-0.39, 0.29) is 109 Å². The zero-order valence-electron chi connectivity index (χ0n) is 49.0. The first kappa shape index (κ1) is 69.1. The van der Waals surface area contributed by atoms with Gasteiger partial charge in [-0.3, -0.25) is 38.7 Å². The number of hydrogen-bond donors (Lipinski definition) is 0. The van der Waals surface area contributed by atoms with Crippen molar-refractivity contribution in [1.29, 1.82) is 0 Å². The normalized spacial score (nSPS) is 14.1. The molecule has 2 atom stereocenters. The Labute approximate surface area is 469 Å². The zero-order valence-corrected chi connectivity index (χ0v) is 49.0. The molecule has 1 amide bonds. The predicted molar refractivity (Wildman–Crippen MR) is 301 cm³/mol. The summed E-state index contributed by atoms with van der Waals surface area (Å²) in [5.41, 5.74) is 0.883. The number of nitrogens with zero attached hydrogens (tertiary/aromatic N) is 3. The van der Waals surface area contributed by atoms with Crippen molar-refractivity contribution in [1.82, 2.24) is 9.88 Å². The van der Waals surface area contributed by atoms with E-state index in [1.807, 2.05) is 24.1 Å². The maximum atomic E-state index is 14.0. The van der Waals surface area contributed by atoms with E-state index in [9.17, 15) is 33.6 Å². The lowest BCUT2D eigenvalue weighted by Crippen LogP contribution is -2.46. The van der Waals surface area contributed by atoms with Gasteiger partial charge in [0.25, 0.3) is 0 Å². The van der Waals surface area contributed by atoms with E-state index in [0.29, 0.717) is 45.1 Å². The van der Waals surface area contributed by atoms with Crippen LogP contribution in [0.25, 0.3) is 0 Å². The molecule has 1 saturated heterocycles. The van der Waals surface area contributed by atoms with Crippen molar-refractivity contribution in [2.75, 3.05) is 64.7 Å². The van der Waals surface area contributed by atoms with Crippen LogP contribution in [0.3, 0.4) is 0 Å². The molecule has 78 heavy (non-hydrogen) atoms. The van der Waals surface area contributed by atoms with Gasteiger partial charge in [0.15, 0.2) is 0 Å². The van der Waals surface area contributed by atoms with Crippen LogP contribution in [0.1, 0.15) is 233 Å². The van der Waals surface area contributed by atoms with Crippen LogP contribution in [0.15, 0.2) is 24.5 Å². The number of likely N-dealkylation sites (tertiary alicyclic amines) is 1. The highest BCUT2D eigenvalue weighted by atomic mass is 16.6. The quantitative estimate of drug-likeness (QED) is 0.0338. The molecule has 1 aliphatic rings. The average Bonchev–Trinajstić information content (AvgIpc) is 3.86. The molecular weight excluding hydrogens is 999 g/mol. The molecule has 0 saturated carbocycles. The van der Waals surface area contributed by atoms with Crippen LogP contribution in [0, 0.1) is 11.8 Å². The summed E-state index contributed by atoms with van der Waals surface area (Å²) in [6, 6.07) is 2.43. The third-order valence-corrected chi connectivity index (χ3v) is 14.2. The first-order chi connectivity index (χ1) is 37.9. The summed E-state index contributed by atoms with van der Waals surface area (Å²) in [6.45, 7) is 8.14. The molecule has 0 N–H and O–H groups in total. The largest absolute Gasteiger partial charge is 0.465 e. The van der Waals surface area contributed by atoms with Crippen molar-refractivity contribution in [3.63, 3.8) is 0 Å². The molecule has 446 valence electrons. The maximum absolute atomic E-state index is 14.0. The Morgan fingerprint density at radius 3 is 1.12 bits per heavy atom. The van der Waals surface area contributed by atoms with Crippen molar-refractivity contribution in [2.45, 2.75) is 245 Å². The molecule has 1 fully saturated rings. The molecule has 1 aromatic rings. The minimum atomic E-state index is -0.669. The van der Waals surface area contributed by atoms with Crippen molar-refractivity contribution < 1.29 is 66.7 Å². The van der Waals surface area contributed by atoms with Gasteiger partial charge in [-0.05, 0) is 50.7 Å². The van der Waals surface area contributed by atoms with E-state index in [1.165, 1.54) is 4.90 Å².